The van der Waals surface area contributed by atoms with Gasteiger partial charge in [0.1, 0.15) is 12.4 Å². The summed E-state index contributed by atoms with van der Waals surface area (Å²) in [6, 6.07) is 12.3. The number of rotatable bonds is 9. The molecule has 8 nitrogen and oxygen atoms in total. The van der Waals surface area contributed by atoms with Gasteiger partial charge in [-0.3, -0.25) is 5.43 Å². The third kappa shape index (κ3) is 6.65. The van der Waals surface area contributed by atoms with Gasteiger partial charge in [0.25, 0.3) is 0 Å². The molecule has 0 aliphatic carbocycles. The van der Waals surface area contributed by atoms with Crippen LogP contribution in [0.5, 0.6) is 17.2 Å². The van der Waals surface area contributed by atoms with E-state index in [0.717, 1.165) is 17.0 Å². The predicted octanol–water partition coefficient (Wildman–Crippen LogP) is 1.93. The molecule has 0 unspecified atom stereocenters. The number of carboxylic acids is 1. The fourth-order valence-corrected chi connectivity index (χ4v) is 2.59. The highest BCUT2D eigenvalue weighted by molar-refractivity contribution is 7.80. The van der Waals surface area contributed by atoms with E-state index in [1.807, 2.05) is 13.0 Å². The van der Waals surface area contributed by atoms with Crippen LogP contribution in [0.3, 0.4) is 0 Å². The molecule has 0 amide bonds. The summed E-state index contributed by atoms with van der Waals surface area (Å²) in [6.07, 6.45) is 0.658. The van der Waals surface area contributed by atoms with Crippen molar-refractivity contribution in [2.45, 2.75) is 13.3 Å². The van der Waals surface area contributed by atoms with Crippen molar-refractivity contribution in [1.82, 2.24) is 5.43 Å². The van der Waals surface area contributed by atoms with Gasteiger partial charge in [-0.25, -0.2) is 0 Å². The lowest BCUT2D eigenvalue weighted by molar-refractivity contribution is -0.307. The number of nitrogens with zero attached hydrogens (tertiary/aromatic N) is 1. The van der Waals surface area contributed by atoms with Crippen LogP contribution in [0.2, 0.25) is 0 Å². The van der Waals surface area contributed by atoms with Gasteiger partial charge in [-0.05, 0) is 60.6 Å². The maximum absolute atomic E-state index is 10.4. The molecule has 2 aromatic rings. The molecule has 0 heterocycles. The molecule has 0 fully saturated rings. The Morgan fingerprint density at radius 3 is 2.38 bits per heavy atom. The van der Waals surface area contributed by atoms with Gasteiger partial charge in [-0.2, -0.15) is 5.10 Å². The van der Waals surface area contributed by atoms with E-state index >= 15 is 0 Å². The van der Waals surface area contributed by atoms with Gasteiger partial charge in [0, 0.05) is 11.8 Å². The third-order valence-electron chi connectivity index (χ3n) is 3.81. The highest BCUT2D eigenvalue weighted by atomic mass is 32.1. The van der Waals surface area contributed by atoms with Crippen LogP contribution in [0.25, 0.3) is 0 Å². The van der Waals surface area contributed by atoms with E-state index in [2.05, 4.69) is 15.8 Å². The van der Waals surface area contributed by atoms with Gasteiger partial charge in [-0.15, -0.1) is 0 Å². The summed E-state index contributed by atoms with van der Waals surface area (Å²) < 4.78 is 15.5. The van der Waals surface area contributed by atoms with Crippen molar-refractivity contribution >= 4 is 34.7 Å². The molecule has 0 radical (unpaired) electrons. The summed E-state index contributed by atoms with van der Waals surface area (Å²) in [4.78, 5) is 10.4. The molecule has 0 saturated carbocycles. The number of aliphatic carboxylic acids is 1. The Bertz CT molecular complexity index is 884. The van der Waals surface area contributed by atoms with Crippen molar-refractivity contribution in [1.29, 1.82) is 0 Å². The summed E-state index contributed by atoms with van der Waals surface area (Å²) in [6.45, 7) is 1.47. The Morgan fingerprint density at radius 2 is 1.79 bits per heavy atom. The van der Waals surface area contributed by atoms with Gasteiger partial charge >= 0.3 is 0 Å². The number of hydrogen-bond donors (Lipinski definition) is 2. The summed E-state index contributed by atoms with van der Waals surface area (Å²) in [7, 11) is 3.13. The molecule has 0 saturated heterocycles. The minimum absolute atomic E-state index is 0.317. The van der Waals surface area contributed by atoms with Crippen molar-refractivity contribution in [3.63, 3.8) is 0 Å². The zero-order valence-electron chi connectivity index (χ0n) is 16.4. The number of anilines is 1. The second-order valence-electron chi connectivity index (χ2n) is 5.73. The standard InChI is InChI=1S/C20H23N3O5S/c1-4-16(13-5-8-15(9-6-13)28-12-19(24)25)22-23-20(29)21-14-7-10-17(26-2)18(11-14)27-3/h5-11H,4,12H2,1-3H3,(H,24,25)(H2,21,23,29)/p-1/b22-16-. The summed E-state index contributed by atoms with van der Waals surface area (Å²) in [5.41, 5.74) is 5.17. The molecule has 9 heteroatoms. The largest absolute Gasteiger partial charge is 0.546 e. The number of ether oxygens (including phenoxy) is 3. The molecule has 0 aliphatic rings. The van der Waals surface area contributed by atoms with Gasteiger partial charge in [0.05, 0.1) is 25.9 Å². The monoisotopic (exact) mass is 416 g/mol. The maximum Gasteiger partial charge on any atom is 0.191 e. The van der Waals surface area contributed by atoms with E-state index in [1.54, 1.807) is 50.6 Å². The Labute approximate surface area is 174 Å². The molecule has 29 heavy (non-hydrogen) atoms. The van der Waals surface area contributed by atoms with Gasteiger partial charge in [0.15, 0.2) is 16.6 Å². The van der Waals surface area contributed by atoms with Crippen LogP contribution >= 0.6 is 12.2 Å². The van der Waals surface area contributed by atoms with Gasteiger partial charge in [0.2, 0.25) is 0 Å². The number of nitrogens with one attached hydrogen (secondary N) is 2. The second-order valence-corrected chi connectivity index (χ2v) is 6.14. The minimum atomic E-state index is -1.27. The van der Waals surface area contributed by atoms with Crippen LogP contribution in [0, 0.1) is 0 Å². The SMILES string of the molecule is CC/C(=N/NC(=S)Nc1ccc(OC)c(OC)c1)c1ccc(OCC(=O)[O-])cc1. The van der Waals surface area contributed by atoms with Crippen molar-refractivity contribution in [2.24, 2.45) is 5.10 Å². The number of hydrogen-bond acceptors (Lipinski definition) is 7. The van der Waals surface area contributed by atoms with E-state index in [-0.39, 0.29) is 0 Å². The molecule has 2 aromatic carbocycles. The Balaban J connectivity index is 2.00. The quantitative estimate of drug-likeness (QED) is 0.363. The van der Waals surface area contributed by atoms with Gasteiger partial charge < -0.3 is 29.4 Å². The number of hydrazone groups is 1. The van der Waals surface area contributed by atoms with Crippen molar-refractivity contribution in [3.8, 4) is 17.2 Å². The van der Waals surface area contributed by atoms with Crippen molar-refractivity contribution in [2.75, 3.05) is 26.1 Å². The maximum atomic E-state index is 10.4. The fourth-order valence-electron chi connectivity index (χ4n) is 2.42. The number of methoxy groups -OCH3 is 2. The number of carbonyl (C=O) groups excluding carboxylic acids is 1. The average molecular weight is 416 g/mol. The molecule has 0 aliphatic heterocycles. The topological polar surface area (TPSA) is 104 Å². The van der Waals surface area contributed by atoms with E-state index in [0.29, 0.717) is 28.8 Å². The lowest BCUT2D eigenvalue weighted by Crippen LogP contribution is -2.28. The summed E-state index contributed by atoms with van der Waals surface area (Å²) >= 11 is 5.29. The normalized spacial score (nSPS) is 10.8. The number of carboxylic acid groups (broad SMARTS) is 1. The number of benzene rings is 2. The van der Waals surface area contributed by atoms with Crippen LogP contribution in [-0.4, -0.2) is 37.6 Å². The molecule has 0 bridgehead atoms. The fraction of sp³-hybridized carbons (Fsp3) is 0.250. The second kappa shape index (κ2) is 10.9. The third-order valence-corrected chi connectivity index (χ3v) is 4.01. The van der Waals surface area contributed by atoms with Crippen molar-refractivity contribution in [3.05, 3.63) is 48.0 Å². The predicted molar refractivity (Wildman–Crippen MR) is 113 cm³/mol. The highest BCUT2D eigenvalue weighted by Crippen LogP contribution is 2.29. The number of thiocarbonyl (C=S) groups is 1. The zero-order valence-corrected chi connectivity index (χ0v) is 17.2. The average Bonchev–Trinajstić information content (AvgIpc) is 2.73. The smallest absolute Gasteiger partial charge is 0.191 e. The van der Waals surface area contributed by atoms with Crippen LogP contribution in [0.4, 0.5) is 5.69 Å². The van der Waals surface area contributed by atoms with Crippen molar-refractivity contribution < 1.29 is 24.1 Å². The zero-order chi connectivity index (χ0) is 21.2. The lowest BCUT2D eigenvalue weighted by atomic mass is 10.1. The van der Waals surface area contributed by atoms with Crippen LogP contribution in [0.1, 0.15) is 18.9 Å². The first-order valence-electron chi connectivity index (χ1n) is 8.75. The van der Waals surface area contributed by atoms with E-state index < -0.39 is 12.6 Å². The summed E-state index contributed by atoms with van der Waals surface area (Å²) in [5.74, 6) is 0.367. The molecular weight excluding hydrogens is 394 g/mol. The molecule has 0 atom stereocenters. The highest BCUT2D eigenvalue weighted by Gasteiger charge is 2.06. The van der Waals surface area contributed by atoms with Crippen LogP contribution in [-0.2, 0) is 4.79 Å². The minimum Gasteiger partial charge on any atom is -0.546 e. The summed E-state index contributed by atoms with van der Waals surface area (Å²) in [5, 5.41) is 18.1. The van der Waals surface area contributed by atoms with E-state index in [1.165, 1.54) is 0 Å². The molecule has 2 rings (SSSR count). The van der Waals surface area contributed by atoms with E-state index in [9.17, 15) is 9.90 Å². The van der Waals surface area contributed by atoms with E-state index in [4.69, 9.17) is 26.4 Å². The lowest BCUT2D eigenvalue weighted by Gasteiger charge is -2.12. The van der Waals surface area contributed by atoms with Gasteiger partial charge in [-0.1, -0.05) is 6.92 Å². The first kappa shape index (κ1) is 22.0. The molecular formula is C20H22N3O5S-. The first-order chi connectivity index (χ1) is 14.0. The molecule has 154 valence electrons. The Morgan fingerprint density at radius 1 is 1.10 bits per heavy atom. The molecule has 0 aromatic heterocycles. The Hall–Kier alpha value is -3.33. The number of carbonyl (C=O) groups is 1. The van der Waals surface area contributed by atoms with Crippen LogP contribution in [0.15, 0.2) is 47.6 Å². The Kier molecular flexibility index (Phi) is 8.23. The first-order valence-corrected chi connectivity index (χ1v) is 9.16. The van der Waals surface area contributed by atoms with Crippen LogP contribution < -0.4 is 30.1 Å². The molecule has 0 spiro atoms. The molecule has 2 N–H and O–H groups in total.